The molecule has 9 heteroatoms. The summed E-state index contributed by atoms with van der Waals surface area (Å²) >= 11 is 1.44. The molecule has 0 aliphatic heterocycles. The second-order valence-electron chi connectivity index (χ2n) is 7.55. The Morgan fingerprint density at radius 3 is 2.47 bits per heavy atom. The van der Waals surface area contributed by atoms with E-state index in [0.29, 0.717) is 11.7 Å². The predicted molar refractivity (Wildman–Crippen MR) is 119 cm³/mol. The van der Waals surface area contributed by atoms with Crippen molar-refractivity contribution in [2.75, 3.05) is 11.9 Å². The van der Waals surface area contributed by atoms with Gasteiger partial charge in [0, 0.05) is 36.4 Å². The lowest BCUT2D eigenvalue weighted by Gasteiger charge is -2.21. The van der Waals surface area contributed by atoms with E-state index in [0.717, 1.165) is 38.9 Å². The number of anilines is 1. The first-order valence-corrected chi connectivity index (χ1v) is 10.7. The van der Waals surface area contributed by atoms with E-state index in [9.17, 15) is 17.6 Å². The molecule has 0 fully saturated rings. The van der Waals surface area contributed by atoms with Crippen LogP contribution in [0.25, 0.3) is 21.2 Å². The van der Waals surface area contributed by atoms with Crippen molar-refractivity contribution < 1.29 is 17.6 Å². The lowest BCUT2D eigenvalue weighted by molar-refractivity contribution is -0.137. The Hall–Kier alpha value is -3.04. The third-order valence-electron chi connectivity index (χ3n) is 5.37. The molecule has 32 heavy (non-hydrogen) atoms. The van der Waals surface area contributed by atoms with Crippen LogP contribution in [-0.4, -0.2) is 22.6 Å². The van der Waals surface area contributed by atoms with Crippen molar-refractivity contribution in [2.45, 2.75) is 25.1 Å². The van der Waals surface area contributed by atoms with Gasteiger partial charge in [-0.25, -0.2) is 9.97 Å². The summed E-state index contributed by atoms with van der Waals surface area (Å²) in [6.07, 6.45) is -1.13. The third kappa shape index (κ3) is 4.89. The van der Waals surface area contributed by atoms with Crippen LogP contribution >= 0.6 is 11.3 Å². The zero-order valence-electron chi connectivity index (χ0n) is 17.0. The second kappa shape index (κ2) is 8.84. The van der Waals surface area contributed by atoms with Crippen molar-refractivity contribution in [1.82, 2.24) is 9.97 Å². The fraction of sp³-hybridized carbons (Fsp3) is 0.217. The number of rotatable bonds is 6. The van der Waals surface area contributed by atoms with Gasteiger partial charge in [0.2, 0.25) is 5.95 Å². The van der Waals surface area contributed by atoms with E-state index in [1.807, 2.05) is 25.1 Å². The Morgan fingerprint density at radius 2 is 1.75 bits per heavy atom. The molecule has 0 saturated heterocycles. The zero-order chi connectivity index (χ0) is 22.9. The average molecular weight is 461 g/mol. The molecule has 2 heterocycles. The minimum absolute atomic E-state index is 0.145. The quantitative estimate of drug-likeness (QED) is 0.271. The van der Waals surface area contributed by atoms with E-state index in [4.69, 9.17) is 5.73 Å². The Balaban J connectivity index is 1.40. The van der Waals surface area contributed by atoms with Crippen LogP contribution in [0.3, 0.4) is 0 Å². The Labute approximate surface area is 186 Å². The molecule has 4 aromatic rings. The fourth-order valence-corrected chi connectivity index (χ4v) is 4.18. The van der Waals surface area contributed by atoms with Gasteiger partial charge in [-0.1, -0.05) is 42.5 Å². The molecule has 2 atom stereocenters. The van der Waals surface area contributed by atoms with Gasteiger partial charge in [-0.3, -0.25) is 0 Å². The molecular weight excluding hydrogens is 440 g/mol. The van der Waals surface area contributed by atoms with E-state index >= 15 is 0 Å². The summed E-state index contributed by atoms with van der Waals surface area (Å²) in [5.41, 5.74) is 7.24. The zero-order valence-corrected chi connectivity index (χ0v) is 17.8. The van der Waals surface area contributed by atoms with Crippen molar-refractivity contribution >= 4 is 27.2 Å². The standard InChI is InChI=1S/C23H20F4N4S/c1-13(14-4-6-18(7-5-14)23(25,26)27)19(28)11-30-22-31-12-20(32-22)15-2-3-16-10-29-21(24)9-17(16)8-15/h2-10,12-13,19H,11,28H2,1H3,(H,30,31)/t13-,19+/m0/s1. The highest BCUT2D eigenvalue weighted by Crippen LogP contribution is 2.32. The summed E-state index contributed by atoms with van der Waals surface area (Å²) in [6, 6.07) is 11.8. The van der Waals surface area contributed by atoms with Crippen molar-refractivity contribution in [2.24, 2.45) is 5.73 Å². The number of hydrogen-bond donors (Lipinski definition) is 2. The molecule has 3 N–H and O–H groups in total. The molecule has 4 rings (SSSR count). The molecule has 2 aromatic heterocycles. The molecule has 166 valence electrons. The van der Waals surface area contributed by atoms with Gasteiger partial charge in [0.15, 0.2) is 5.13 Å². The van der Waals surface area contributed by atoms with Crippen molar-refractivity contribution in [3.8, 4) is 10.4 Å². The van der Waals surface area contributed by atoms with Crippen molar-refractivity contribution in [1.29, 1.82) is 0 Å². The summed E-state index contributed by atoms with van der Waals surface area (Å²) < 4.78 is 51.7. The summed E-state index contributed by atoms with van der Waals surface area (Å²) in [5, 5.41) is 5.48. The third-order valence-corrected chi connectivity index (χ3v) is 6.38. The normalized spacial score (nSPS) is 13.8. The van der Waals surface area contributed by atoms with E-state index in [2.05, 4.69) is 15.3 Å². The molecule has 0 radical (unpaired) electrons. The maximum Gasteiger partial charge on any atom is 0.416 e. The highest BCUT2D eigenvalue weighted by molar-refractivity contribution is 7.18. The number of pyridine rings is 1. The van der Waals surface area contributed by atoms with Crippen LogP contribution < -0.4 is 11.1 Å². The number of alkyl halides is 3. The lowest BCUT2D eigenvalue weighted by Crippen LogP contribution is -2.34. The Morgan fingerprint density at radius 1 is 1.00 bits per heavy atom. The van der Waals surface area contributed by atoms with Gasteiger partial charge in [0.25, 0.3) is 0 Å². The first-order valence-electron chi connectivity index (χ1n) is 9.89. The highest BCUT2D eigenvalue weighted by atomic mass is 32.1. The highest BCUT2D eigenvalue weighted by Gasteiger charge is 2.30. The summed E-state index contributed by atoms with van der Waals surface area (Å²) in [4.78, 5) is 8.94. The summed E-state index contributed by atoms with van der Waals surface area (Å²) in [6.45, 7) is 2.29. The monoisotopic (exact) mass is 460 g/mol. The molecule has 0 saturated carbocycles. The maximum absolute atomic E-state index is 13.4. The van der Waals surface area contributed by atoms with Crippen LogP contribution in [0.5, 0.6) is 0 Å². The van der Waals surface area contributed by atoms with Gasteiger partial charge in [-0.2, -0.15) is 17.6 Å². The van der Waals surface area contributed by atoms with E-state index in [1.54, 1.807) is 6.20 Å². The Bertz CT molecular complexity index is 1220. The molecule has 2 aromatic carbocycles. The summed E-state index contributed by atoms with van der Waals surface area (Å²) in [5.74, 6) is -0.675. The smallest absolute Gasteiger partial charge is 0.360 e. The second-order valence-corrected chi connectivity index (χ2v) is 8.58. The first kappa shape index (κ1) is 22.2. The summed E-state index contributed by atoms with van der Waals surface area (Å²) in [7, 11) is 0. The molecule has 0 bridgehead atoms. The van der Waals surface area contributed by atoms with Crippen LogP contribution in [0, 0.1) is 5.95 Å². The minimum Gasteiger partial charge on any atom is -0.360 e. The topological polar surface area (TPSA) is 63.8 Å². The van der Waals surface area contributed by atoms with Crippen LogP contribution in [0.2, 0.25) is 0 Å². The molecule has 4 nitrogen and oxygen atoms in total. The van der Waals surface area contributed by atoms with E-state index in [-0.39, 0.29) is 12.0 Å². The number of nitrogens with zero attached hydrogens (tertiary/aromatic N) is 2. The fourth-order valence-electron chi connectivity index (χ4n) is 3.36. The van der Waals surface area contributed by atoms with E-state index in [1.165, 1.54) is 35.7 Å². The van der Waals surface area contributed by atoms with E-state index < -0.39 is 17.7 Å². The number of halogens is 4. The van der Waals surface area contributed by atoms with Gasteiger partial charge in [-0.05, 0) is 40.6 Å². The number of benzene rings is 2. The van der Waals surface area contributed by atoms with Gasteiger partial charge in [0.05, 0.1) is 10.4 Å². The van der Waals surface area contributed by atoms with Gasteiger partial charge in [-0.15, -0.1) is 0 Å². The largest absolute Gasteiger partial charge is 0.416 e. The molecule has 0 unspecified atom stereocenters. The minimum atomic E-state index is -4.36. The molecule has 0 aliphatic carbocycles. The SMILES string of the molecule is C[C@@H](c1ccc(C(F)(F)F)cc1)[C@H](N)CNc1ncc(-c2ccc3cnc(F)cc3c2)s1. The van der Waals surface area contributed by atoms with Crippen molar-refractivity contribution in [3.63, 3.8) is 0 Å². The predicted octanol–water partition coefficient (Wildman–Crippen LogP) is 6.06. The van der Waals surface area contributed by atoms with Crippen molar-refractivity contribution in [3.05, 3.63) is 78.0 Å². The number of aromatic nitrogens is 2. The van der Waals surface area contributed by atoms with Gasteiger partial charge >= 0.3 is 6.18 Å². The number of nitrogens with one attached hydrogen (secondary N) is 1. The molecule has 0 amide bonds. The van der Waals surface area contributed by atoms with Crippen LogP contribution in [-0.2, 0) is 6.18 Å². The van der Waals surface area contributed by atoms with Crippen LogP contribution in [0.15, 0.2) is 60.9 Å². The maximum atomic E-state index is 13.4. The van der Waals surface area contributed by atoms with Crippen LogP contribution in [0.4, 0.5) is 22.7 Å². The molecule has 0 spiro atoms. The number of hydrogen-bond acceptors (Lipinski definition) is 5. The van der Waals surface area contributed by atoms with Gasteiger partial charge in [0.1, 0.15) is 0 Å². The number of fused-ring (bicyclic) bond motifs is 1. The average Bonchev–Trinajstić information content (AvgIpc) is 3.25. The number of nitrogens with two attached hydrogens (primary N) is 1. The number of thiazole rings is 1. The molecule has 0 aliphatic rings. The van der Waals surface area contributed by atoms with Crippen LogP contribution in [0.1, 0.15) is 24.0 Å². The van der Waals surface area contributed by atoms with Gasteiger partial charge < -0.3 is 11.1 Å². The lowest BCUT2D eigenvalue weighted by atomic mass is 9.93. The Kier molecular flexibility index (Phi) is 6.12. The molecular formula is C23H20F4N4S. The first-order chi connectivity index (χ1) is 15.2.